The molecule has 3 aromatic rings. The number of hydrogen-bond donors (Lipinski definition) is 1. The number of methoxy groups -OCH3 is 1. The van der Waals surface area contributed by atoms with E-state index < -0.39 is 6.10 Å². The first-order chi connectivity index (χ1) is 14.2. The minimum atomic E-state index is -0.524. The second-order valence-corrected chi connectivity index (χ2v) is 8.07. The number of aliphatic hydroxyl groups is 1. The van der Waals surface area contributed by atoms with Crippen molar-refractivity contribution in [3.8, 4) is 11.5 Å². The Balaban J connectivity index is 1.28. The van der Waals surface area contributed by atoms with Crippen molar-refractivity contribution in [2.24, 2.45) is 0 Å². The number of rotatable bonds is 7. The Labute approximate surface area is 175 Å². The topological polar surface area (TPSA) is 58.1 Å². The molecule has 1 fully saturated rings. The SMILES string of the molecule is COc1cc(C(C)O)ccc1OCCN1CCN(c2nsc3ccccc23)CC1. The monoisotopic (exact) mass is 413 g/mol. The molecule has 1 aromatic heterocycles. The van der Waals surface area contributed by atoms with Gasteiger partial charge in [0.1, 0.15) is 12.4 Å². The van der Waals surface area contributed by atoms with Crippen molar-refractivity contribution in [3.05, 3.63) is 48.0 Å². The molecular formula is C22H27N3O3S. The molecular weight excluding hydrogens is 386 g/mol. The summed E-state index contributed by atoms with van der Waals surface area (Å²) in [7, 11) is 1.62. The third kappa shape index (κ3) is 4.47. The van der Waals surface area contributed by atoms with Crippen molar-refractivity contribution in [3.63, 3.8) is 0 Å². The number of ether oxygens (including phenoxy) is 2. The van der Waals surface area contributed by atoms with Crippen LogP contribution in [0.2, 0.25) is 0 Å². The first kappa shape index (κ1) is 19.9. The highest BCUT2D eigenvalue weighted by molar-refractivity contribution is 7.13. The van der Waals surface area contributed by atoms with Crippen LogP contribution in [0.1, 0.15) is 18.6 Å². The van der Waals surface area contributed by atoms with Gasteiger partial charge in [0.2, 0.25) is 0 Å². The van der Waals surface area contributed by atoms with E-state index in [4.69, 9.17) is 9.47 Å². The third-order valence-corrected chi connectivity index (χ3v) is 6.18. The molecule has 0 amide bonds. The highest BCUT2D eigenvalue weighted by Crippen LogP contribution is 2.31. The molecule has 6 nitrogen and oxygen atoms in total. The fourth-order valence-electron chi connectivity index (χ4n) is 3.63. The van der Waals surface area contributed by atoms with E-state index in [0.29, 0.717) is 18.1 Å². The smallest absolute Gasteiger partial charge is 0.161 e. The Hall–Kier alpha value is -2.35. The van der Waals surface area contributed by atoms with E-state index in [9.17, 15) is 5.11 Å². The second-order valence-electron chi connectivity index (χ2n) is 7.27. The number of anilines is 1. The molecule has 7 heteroatoms. The predicted molar refractivity (Wildman–Crippen MR) is 117 cm³/mol. The Morgan fingerprint density at radius 1 is 1.10 bits per heavy atom. The standard InChI is InChI=1S/C22H27N3O3S/c1-16(26)17-7-8-19(20(15-17)27-2)28-14-13-24-9-11-25(12-10-24)22-18-5-3-4-6-21(18)29-23-22/h3-8,15-16,26H,9-14H2,1-2H3. The molecule has 2 aromatic carbocycles. The molecule has 1 aliphatic rings. The van der Waals surface area contributed by atoms with Gasteiger partial charge in [-0.25, -0.2) is 0 Å². The molecule has 0 bridgehead atoms. The van der Waals surface area contributed by atoms with Crippen LogP contribution < -0.4 is 14.4 Å². The summed E-state index contributed by atoms with van der Waals surface area (Å²) in [5, 5.41) is 11.0. The molecule has 1 unspecified atom stereocenters. The molecule has 29 heavy (non-hydrogen) atoms. The van der Waals surface area contributed by atoms with Crippen molar-refractivity contribution in [1.82, 2.24) is 9.27 Å². The van der Waals surface area contributed by atoms with Crippen molar-refractivity contribution in [1.29, 1.82) is 0 Å². The van der Waals surface area contributed by atoms with Gasteiger partial charge >= 0.3 is 0 Å². The zero-order chi connectivity index (χ0) is 20.2. The lowest BCUT2D eigenvalue weighted by Crippen LogP contribution is -2.47. The van der Waals surface area contributed by atoms with Crippen LogP contribution in [0.4, 0.5) is 5.82 Å². The summed E-state index contributed by atoms with van der Waals surface area (Å²) in [4.78, 5) is 4.80. The summed E-state index contributed by atoms with van der Waals surface area (Å²) in [6, 6.07) is 14.0. The maximum absolute atomic E-state index is 9.72. The lowest BCUT2D eigenvalue weighted by Gasteiger charge is -2.35. The van der Waals surface area contributed by atoms with E-state index >= 15 is 0 Å². The van der Waals surface area contributed by atoms with E-state index in [-0.39, 0.29) is 0 Å². The summed E-state index contributed by atoms with van der Waals surface area (Å²) < 4.78 is 17.3. The maximum atomic E-state index is 9.72. The van der Waals surface area contributed by atoms with E-state index in [2.05, 4.69) is 38.4 Å². The highest BCUT2D eigenvalue weighted by Gasteiger charge is 2.20. The summed E-state index contributed by atoms with van der Waals surface area (Å²) in [6.45, 7) is 7.14. The molecule has 1 saturated heterocycles. The van der Waals surface area contributed by atoms with Crippen molar-refractivity contribution in [2.75, 3.05) is 51.3 Å². The van der Waals surface area contributed by atoms with E-state index in [1.807, 2.05) is 18.2 Å². The molecule has 1 atom stereocenters. The zero-order valence-corrected chi connectivity index (χ0v) is 17.7. The van der Waals surface area contributed by atoms with Crippen LogP contribution in [0.5, 0.6) is 11.5 Å². The van der Waals surface area contributed by atoms with Gasteiger partial charge in [-0.2, -0.15) is 4.37 Å². The number of piperazine rings is 1. The van der Waals surface area contributed by atoms with Gasteiger partial charge in [0.05, 0.1) is 17.9 Å². The van der Waals surface area contributed by atoms with Crippen LogP contribution in [0, 0.1) is 0 Å². The van der Waals surface area contributed by atoms with Crippen LogP contribution in [-0.4, -0.2) is 60.8 Å². The minimum Gasteiger partial charge on any atom is -0.493 e. The van der Waals surface area contributed by atoms with Gasteiger partial charge in [-0.1, -0.05) is 18.2 Å². The molecule has 0 aliphatic carbocycles. The molecule has 0 spiro atoms. The molecule has 1 aliphatic heterocycles. The number of aliphatic hydroxyl groups excluding tert-OH is 1. The average molecular weight is 414 g/mol. The largest absolute Gasteiger partial charge is 0.493 e. The van der Waals surface area contributed by atoms with E-state index in [1.54, 1.807) is 25.6 Å². The lowest BCUT2D eigenvalue weighted by molar-refractivity contribution is 0.193. The highest BCUT2D eigenvalue weighted by atomic mass is 32.1. The van der Waals surface area contributed by atoms with Crippen LogP contribution in [0.15, 0.2) is 42.5 Å². The van der Waals surface area contributed by atoms with E-state index in [0.717, 1.165) is 44.1 Å². The first-order valence-electron chi connectivity index (χ1n) is 9.96. The van der Waals surface area contributed by atoms with Crippen LogP contribution in [0.25, 0.3) is 10.1 Å². The van der Waals surface area contributed by atoms with Gasteiger partial charge in [0.15, 0.2) is 11.5 Å². The lowest BCUT2D eigenvalue weighted by atomic mass is 10.1. The normalized spacial score (nSPS) is 16.2. The molecule has 0 saturated carbocycles. The summed E-state index contributed by atoms with van der Waals surface area (Å²) in [5.74, 6) is 2.48. The Bertz CT molecular complexity index is 951. The van der Waals surface area contributed by atoms with Gasteiger partial charge in [-0.3, -0.25) is 4.90 Å². The molecule has 4 rings (SSSR count). The van der Waals surface area contributed by atoms with E-state index in [1.165, 1.54) is 10.1 Å². The molecule has 154 valence electrons. The van der Waals surface area contributed by atoms with Crippen molar-refractivity contribution >= 4 is 27.4 Å². The Kier molecular flexibility index (Phi) is 6.18. The summed E-state index contributed by atoms with van der Waals surface area (Å²) in [5.41, 5.74) is 0.819. The average Bonchev–Trinajstić information content (AvgIpc) is 3.18. The molecule has 2 heterocycles. The predicted octanol–water partition coefficient (Wildman–Crippen LogP) is 3.56. The first-order valence-corrected chi connectivity index (χ1v) is 10.7. The van der Waals surface area contributed by atoms with Crippen molar-refractivity contribution < 1.29 is 14.6 Å². The second kappa shape index (κ2) is 8.98. The number of benzene rings is 2. The number of hydrogen-bond acceptors (Lipinski definition) is 7. The molecule has 0 radical (unpaired) electrons. The fourth-order valence-corrected chi connectivity index (χ4v) is 4.43. The maximum Gasteiger partial charge on any atom is 0.161 e. The van der Waals surface area contributed by atoms with Gasteiger partial charge in [0.25, 0.3) is 0 Å². The third-order valence-electron chi connectivity index (χ3n) is 5.37. The van der Waals surface area contributed by atoms with Crippen molar-refractivity contribution in [2.45, 2.75) is 13.0 Å². The van der Waals surface area contributed by atoms with Crippen LogP contribution >= 0.6 is 11.5 Å². The summed E-state index contributed by atoms with van der Waals surface area (Å²) in [6.07, 6.45) is -0.524. The van der Waals surface area contributed by atoms with Gasteiger partial charge in [0, 0.05) is 38.1 Å². The van der Waals surface area contributed by atoms with Gasteiger partial charge in [-0.15, -0.1) is 0 Å². The molecule has 1 N–H and O–H groups in total. The van der Waals surface area contributed by atoms with Gasteiger partial charge < -0.3 is 19.5 Å². The van der Waals surface area contributed by atoms with Gasteiger partial charge in [-0.05, 0) is 48.3 Å². The number of aromatic nitrogens is 1. The quantitative estimate of drug-likeness (QED) is 0.639. The minimum absolute atomic E-state index is 0.524. The zero-order valence-electron chi connectivity index (χ0n) is 16.9. The fraction of sp³-hybridized carbons (Fsp3) is 0.409. The Morgan fingerprint density at radius 3 is 2.66 bits per heavy atom. The van der Waals surface area contributed by atoms with Crippen LogP contribution in [-0.2, 0) is 0 Å². The van der Waals surface area contributed by atoms with Crippen LogP contribution in [0.3, 0.4) is 0 Å². The Morgan fingerprint density at radius 2 is 1.90 bits per heavy atom. The number of nitrogens with zero attached hydrogens (tertiary/aromatic N) is 3. The summed E-state index contributed by atoms with van der Waals surface area (Å²) >= 11 is 1.57. The number of fused-ring (bicyclic) bond motifs is 1.